The summed E-state index contributed by atoms with van der Waals surface area (Å²) in [6.45, 7) is 0. The third kappa shape index (κ3) is 41.0. The molecule has 0 saturated heterocycles. The average Bonchev–Trinajstić information content (AvgIpc) is 1.42. The van der Waals surface area contributed by atoms with Gasteiger partial charge in [-0.2, -0.15) is 25.3 Å². The zero-order chi connectivity index (χ0) is 12.2. The molecule has 1 N–H and O–H groups in total. The van der Waals surface area contributed by atoms with E-state index >= 15 is 0 Å². The van der Waals surface area contributed by atoms with Crippen LogP contribution in [0.25, 0.3) is 0 Å². The van der Waals surface area contributed by atoms with E-state index < -0.39 is 30.4 Å². The van der Waals surface area contributed by atoms with Crippen molar-refractivity contribution in [2.45, 2.75) is 0 Å². The molecule has 0 aromatic carbocycles. The molecule has 88 valence electrons. The highest BCUT2D eigenvalue weighted by Gasteiger charge is 2.10. The van der Waals surface area contributed by atoms with Crippen molar-refractivity contribution in [1.29, 1.82) is 0 Å². The maximum Gasteiger partial charge on any atom is 0.278 e. The lowest BCUT2D eigenvalue weighted by molar-refractivity contribution is 0.470. The Kier molecular flexibility index (Phi) is 5.81. The first-order valence-electron chi connectivity index (χ1n) is 2.74. The van der Waals surface area contributed by atoms with Crippen LogP contribution in [-0.2, 0) is 34.0 Å². The number of hydrogen-bond donors (Lipinski definition) is 1. The summed E-state index contributed by atoms with van der Waals surface area (Å²) in [7, 11) is -11.4. The third-order valence-electron chi connectivity index (χ3n) is 0.247. The van der Waals surface area contributed by atoms with E-state index in [2.05, 4.69) is 3.63 Å². The Balaban J connectivity index is 0. The van der Waals surface area contributed by atoms with Crippen LogP contribution in [0.2, 0.25) is 0 Å². The van der Waals surface area contributed by atoms with Gasteiger partial charge in [0.2, 0.25) is 0 Å². The molecule has 0 spiro atoms. The maximum absolute atomic E-state index is 10.0. The SMILES string of the molecule is CS(=O)(=O)O.CS(=O)(=O)OS(C)(=O)=O. The highest BCUT2D eigenvalue weighted by Crippen LogP contribution is 1.92. The fraction of sp³-hybridized carbons (Fsp3) is 1.00. The molecule has 0 heterocycles. The molecule has 0 atom stereocenters. The third-order valence-corrected chi connectivity index (χ3v) is 2.22. The number of rotatable bonds is 2. The fourth-order valence-corrected chi connectivity index (χ4v) is 2.02. The molecular weight excluding hydrogens is 260 g/mol. The van der Waals surface area contributed by atoms with E-state index in [9.17, 15) is 25.3 Å². The fourth-order valence-electron chi connectivity index (χ4n) is 0.225. The second kappa shape index (κ2) is 5.02. The maximum atomic E-state index is 10.0. The summed E-state index contributed by atoms with van der Waals surface area (Å²) in [5.74, 6) is 0. The van der Waals surface area contributed by atoms with E-state index in [1.165, 1.54) is 0 Å². The van der Waals surface area contributed by atoms with E-state index in [1.807, 2.05) is 0 Å². The lowest BCUT2D eigenvalue weighted by atomic mass is 12.0. The van der Waals surface area contributed by atoms with Crippen LogP contribution in [0.5, 0.6) is 0 Å². The molecule has 11 heteroatoms. The van der Waals surface area contributed by atoms with Gasteiger partial charge in [-0.3, -0.25) is 4.55 Å². The summed E-state index contributed by atoms with van der Waals surface area (Å²) in [6.07, 6.45) is 2.04. The van der Waals surface area contributed by atoms with Crippen molar-refractivity contribution in [2.75, 3.05) is 18.8 Å². The Morgan fingerprint density at radius 2 is 0.929 bits per heavy atom. The Morgan fingerprint density at radius 3 is 0.929 bits per heavy atom. The van der Waals surface area contributed by atoms with Gasteiger partial charge in [0.15, 0.2) is 0 Å². The Labute approximate surface area is 82.9 Å². The van der Waals surface area contributed by atoms with E-state index in [0.717, 1.165) is 0 Å². The molecule has 0 aromatic heterocycles. The molecule has 0 fully saturated rings. The van der Waals surface area contributed by atoms with Gasteiger partial charge in [0.05, 0.1) is 18.8 Å². The standard InChI is InChI=1S/C2H6O5S2.CH4O3S/c1-8(3,4)7-9(2,5)6;1-5(2,3)4/h1-2H3;1H3,(H,2,3,4). The van der Waals surface area contributed by atoms with Crippen molar-refractivity contribution < 1.29 is 33.4 Å². The molecule has 8 nitrogen and oxygen atoms in total. The minimum atomic E-state index is -3.87. The average molecular weight is 270 g/mol. The largest absolute Gasteiger partial charge is 0.286 e. The van der Waals surface area contributed by atoms with Gasteiger partial charge in [-0.25, -0.2) is 0 Å². The van der Waals surface area contributed by atoms with E-state index in [4.69, 9.17) is 4.55 Å². The zero-order valence-corrected chi connectivity index (χ0v) is 9.98. The molecule has 0 unspecified atom stereocenters. The molecule has 0 radical (unpaired) electrons. The Hall–Kier alpha value is -0.230. The molecule has 0 aliphatic rings. The van der Waals surface area contributed by atoms with Gasteiger partial charge in [-0.15, -0.1) is 3.63 Å². The van der Waals surface area contributed by atoms with Gasteiger partial charge in [-0.05, 0) is 0 Å². The molecule has 0 bridgehead atoms. The highest BCUT2D eigenvalue weighted by atomic mass is 32.3. The molecular formula is C3H10O8S3. The summed E-state index contributed by atoms with van der Waals surface area (Å²) >= 11 is 0. The van der Waals surface area contributed by atoms with Crippen molar-refractivity contribution in [3.8, 4) is 0 Å². The first kappa shape index (κ1) is 16.2. The van der Waals surface area contributed by atoms with Crippen LogP contribution in [0.1, 0.15) is 0 Å². The Morgan fingerprint density at radius 1 is 0.786 bits per heavy atom. The van der Waals surface area contributed by atoms with Crippen LogP contribution in [0, 0.1) is 0 Å². The Bertz CT molecular complexity index is 412. The van der Waals surface area contributed by atoms with Crippen molar-refractivity contribution in [1.82, 2.24) is 0 Å². The minimum absolute atomic E-state index is 0.661. The predicted octanol–water partition coefficient (Wildman–Crippen LogP) is -1.57. The molecule has 0 aliphatic carbocycles. The van der Waals surface area contributed by atoms with Crippen LogP contribution in [-0.4, -0.2) is 48.6 Å². The summed E-state index contributed by atoms with van der Waals surface area (Å²) in [4.78, 5) is 0. The van der Waals surface area contributed by atoms with Crippen LogP contribution in [0.15, 0.2) is 0 Å². The smallest absolute Gasteiger partial charge is 0.278 e. The van der Waals surface area contributed by atoms with Gasteiger partial charge in [0, 0.05) is 0 Å². The molecule has 0 aliphatic heterocycles. The summed E-state index contributed by atoms with van der Waals surface area (Å²) in [5, 5.41) is 0. The van der Waals surface area contributed by atoms with Gasteiger partial charge in [-0.1, -0.05) is 0 Å². The normalized spacial score (nSPS) is 12.9. The topological polar surface area (TPSA) is 132 Å². The molecule has 0 rings (SSSR count). The van der Waals surface area contributed by atoms with Crippen molar-refractivity contribution in [2.24, 2.45) is 0 Å². The van der Waals surface area contributed by atoms with Crippen molar-refractivity contribution in [3.63, 3.8) is 0 Å². The predicted molar refractivity (Wildman–Crippen MR) is 48.2 cm³/mol. The monoisotopic (exact) mass is 270 g/mol. The highest BCUT2D eigenvalue weighted by molar-refractivity contribution is 7.99. The lowest BCUT2D eigenvalue weighted by Crippen LogP contribution is -2.09. The van der Waals surface area contributed by atoms with E-state index in [-0.39, 0.29) is 0 Å². The lowest BCUT2D eigenvalue weighted by Gasteiger charge is -1.92. The molecule has 14 heavy (non-hydrogen) atoms. The quantitative estimate of drug-likeness (QED) is 0.595. The first-order chi connectivity index (χ1) is 5.71. The number of hydrogen-bond acceptors (Lipinski definition) is 7. The van der Waals surface area contributed by atoms with Crippen LogP contribution < -0.4 is 0 Å². The van der Waals surface area contributed by atoms with Crippen molar-refractivity contribution >= 4 is 30.4 Å². The zero-order valence-electron chi connectivity index (χ0n) is 7.53. The molecule has 0 aromatic rings. The van der Waals surface area contributed by atoms with Crippen LogP contribution in [0.4, 0.5) is 0 Å². The van der Waals surface area contributed by atoms with E-state index in [1.54, 1.807) is 0 Å². The van der Waals surface area contributed by atoms with Crippen molar-refractivity contribution in [3.05, 3.63) is 0 Å². The second-order valence-corrected chi connectivity index (χ2v) is 7.04. The molecule has 0 amide bonds. The van der Waals surface area contributed by atoms with Gasteiger partial charge < -0.3 is 0 Å². The summed E-state index contributed by atoms with van der Waals surface area (Å²) in [5.41, 5.74) is 0. The van der Waals surface area contributed by atoms with Crippen LogP contribution >= 0.6 is 0 Å². The first-order valence-corrected chi connectivity index (χ1v) is 8.22. The minimum Gasteiger partial charge on any atom is -0.286 e. The second-order valence-electron chi connectivity index (χ2n) is 2.21. The summed E-state index contributed by atoms with van der Waals surface area (Å²) < 4.78 is 69.6. The van der Waals surface area contributed by atoms with Crippen LogP contribution in [0.3, 0.4) is 0 Å². The van der Waals surface area contributed by atoms with Gasteiger partial charge >= 0.3 is 0 Å². The van der Waals surface area contributed by atoms with E-state index in [0.29, 0.717) is 18.8 Å². The van der Waals surface area contributed by atoms with Gasteiger partial charge in [0.25, 0.3) is 30.4 Å². The summed E-state index contributed by atoms with van der Waals surface area (Å²) in [6, 6.07) is 0. The van der Waals surface area contributed by atoms with Gasteiger partial charge in [0.1, 0.15) is 0 Å². The molecule has 0 saturated carbocycles.